The molecule has 0 bridgehead atoms. The van der Waals surface area contributed by atoms with E-state index in [1.54, 1.807) is 0 Å². The summed E-state index contributed by atoms with van der Waals surface area (Å²) in [5.41, 5.74) is 0. The van der Waals surface area contributed by atoms with E-state index in [0.717, 1.165) is 12.0 Å². The second kappa shape index (κ2) is 5.31. The minimum absolute atomic E-state index is 0.735. The van der Waals surface area contributed by atoms with Gasteiger partial charge in [-0.3, -0.25) is 4.90 Å². The summed E-state index contributed by atoms with van der Waals surface area (Å²) < 4.78 is 0. The zero-order chi connectivity index (χ0) is 10.7. The van der Waals surface area contributed by atoms with Crippen molar-refractivity contribution in [2.45, 2.75) is 45.6 Å². The molecule has 1 saturated heterocycles. The number of hydrogen-bond donors (Lipinski definition) is 0. The van der Waals surface area contributed by atoms with E-state index in [1.807, 2.05) is 0 Å². The maximum atomic E-state index is 2.69. The lowest BCUT2D eigenvalue weighted by Crippen LogP contribution is -2.49. The van der Waals surface area contributed by atoms with Crippen LogP contribution >= 0.6 is 0 Å². The van der Waals surface area contributed by atoms with Gasteiger partial charge >= 0.3 is 0 Å². The molecule has 2 fully saturated rings. The van der Waals surface area contributed by atoms with Crippen LogP contribution in [0.15, 0.2) is 0 Å². The quantitative estimate of drug-likeness (QED) is 0.704. The summed E-state index contributed by atoms with van der Waals surface area (Å²) in [4.78, 5) is 5.29. The standard InChI is InChI=1S/C13H26N2/c1-12(2)15-9-7-14(8-10-15)11-13-5-3-4-6-13/h12-13H,3-11H2,1-2H3. The minimum Gasteiger partial charge on any atom is -0.301 e. The molecule has 0 radical (unpaired) electrons. The molecule has 0 unspecified atom stereocenters. The monoisotopic (exact) mass is 210 g/mol. The van der Waals surface area contributed by atoms with Crippen molar-refractivity contribution in [3.05, 3.63) is 0 Å². The fourth-order valence-corrected chi connectivity index (χ4v) is 3.02. The third-order valence-corrected chi connectivity index (χ3v) is 4.13. The van der Waals surface area contributed by atoms with E-state index in [0.29, 0.717) is 0 Å². The lowest BCUT2D eigenvalue weighted by Gasteiger charge is -2.37. The first kappa shape index (κ1) is 11.4. The molecule has 0 spiro atoms. The fourth-order valence-electron chi connectivity index (χ4n) is 3.02. The Bertz CT molecular complexity index is 177. The highest BCUT2D eigenvalue weighted by Crippen LogP contribution is 2.25. The van der Waals surface area contributed by atoms with Gasteiger partial charge in [0.05, 0.1) is 0 Å². The Morgan fingerprint density at radius 2 is 1.60 bits per heavy atom. The van der Waals surface area contributed by atoms with Crippen LogP contribution in [0.4, 0.5) is 0 Å². The topological polar surface area (TPSA) is 6.48 Å². The van der Waals surface area contributed by atoms with E-state index in [2.05, 4.69) is 23.6 Å². The van der Waals surface area contributed by atoms with Crippen molar-refractivity contribution in [3.63, 3.8) is 0 Å². The predicted molar refractivity (Wildman–Crippen MR) is 65.1 cm³/mol. The van der Waals surface area contributed by atoms with E-state index in [-0.39, 0.29) is 0 Å². The van der Waals surface area contributed by atoms with Gasteiger partial charge in [0.25, 0.3) is 0 Å². The van der Waals surface area contributed by atoms with Crippen molar-refractivity contribution in [1.29, 1.82) is 0 Å². The Morgan fingerprint density at radius 3 is 2.13 bits per heavy atom. The Balaban J connectivity index is 1.68. The molecule has 0 amide bonds. The highest BCUT2D eigenvalue weighted by Gasteiger charge is 2.22. The van der Waals surface area contributed by atoms with E-state index in [9.17, 15) is 0 Å². The predicted octanol–water partition coefficient (Wildman–Crippen LogP) is 2.20. The lowest BCUT2D eigenvalue weighted by molar-refractivity contribution is 0.0974. The number of piperazine rings is 1. The van der Waals surface area contributed by atoms with E-state index in [4.69, 9.17) is 0 Å². The smallest absolute Gasteiger partial charge is 0.0113 e. The van der Waals surface area contributed by atoms with Crippen molar-refractivity contribution >= 4 is 0 Å². The molecule has 1 aliphatic heterocycles. The normalized spacial score (nSPS) is 26.6. The second-order valence-corrected chi connectivity index (χ2v) is 5.58. The maximum Gasteiger partial charge on any atom is 0.0113 e. The molecule has 88 valence electrons. The van der Waals surface area contributed by atoms with Crippen molar-refractivity contribution in [3.8, 4) is 0 Å². The Kier molecular flexibility index (Phi) is 4.04. The van der Waals surface area contributed by atoms with Gasteiger partial charge in [-0.15, -0.1) is 0 Å². The molecule has 0 atom stereocenters. The Hall–Kier alpha value is -0.0800. The van der Waals surface area contributed by atoms with Gasteiger partial charge in [-0.2, -0.15) is 0 Å². The number of nitrogens with zero attached hydrogens (tertiary/aromatic N) is 2. The van der Waals surface area contributed by atoms with E-state index in [1.165, 1.54) is 58.4 Å². The van der Waals surface area contributed by atoms with Crippen molar-refractivity contribution in [2.75, 3.05) is 32.7 Å². The molecule has 0 aromatic carbocycles. The molecule has 15 heavy (non-hydrogen) atoms. The third kappa shape index (κ3) is 3.18. The molecule has 2 rings (SSSR count). The zero-order valence-corrected chi connectivity index (χ0v) is 10.4. The van der Waals surface area contributed by atoms with Crippen LogP contribution in [0.1, 0.15) is 39.5 Å². The zero-order valence-electron chi connectivity index (χ0n) is 10.4. The third-order valence-electron chi connectivity index (χ3n) is 4.13. The fraction of sp³-hybridized carbons (Fsp3) is 1.00. The van der Waals surface area contributed by atoms with Crippen LogP contribution in [-0.4, -0.2) is 48.6 Å². The molecule has 1 aliphatic carbocycles. The van der Waals surface area contributed by atoms with Gasteiger partial charge in [-0.25, -0.2) is 0 Å². The molecule has 2 aliphatic rings. The SMILES string of the molecule is CC(C)N1CCN(CC2CCCC2)CC1. The van der Waals surface area contributed by atoms with Gasteiger partial charge in [-0.1, -0.05) is 12.8 Å². The van der Waals surface area contributed by atoms with Gasteiger partial charge in [0.1, 0.15) is 0 Å². The van der Waals surface area contributed by atoms with Crippen LogP contribution in [0.25, 0.3) is 0 Å². The van der Waals surface area contributed by atoms with Crippen molar-refractivity contribution < 1.29 is 0 Å². The van der Waals surface area contributed by atoms with Crippen molar-refractivity contribution in [2.24, 2.45) is 5.92 Å². The molecule has 2 heteroatoms. The van der Waals surface area contributed by atoms with E-state index >= 15 is 0 Å². The molecule has 0 aromatic rings. The number of rotatable bonds is 3. The van der Waals surface area contributed by atoms with Gasteiger partial charge in [0.15, 0.2) is 0 Å². The molecule has 1 saturated carbocycles. The largest absolute Gasteiger partial charge is 0.301 e. The summed E-state index contributed by atoms with van der Waals surface area (Å²) in [6, 6.07) is 0.735. The Morgan fingerprint density at radius 1 is 1.00 bits per heavy atom. The van der Waals surface area contributed by atoms with Crippen LogP contribution in [0.3, 0.4) is 0 Å². The minimum atomic E-state index is 0.735. The highest BCUT2D eigenvalue weighted by atomic mass is 15.3. The van der Waals surface area contributed by atoms with Crippen molar-refractivity contribution in [1.82, 2.24) is 9.80 Å². The van der Waals surface area contributed by atoms with Gasteiger partial charge in [0.2, 0.25) is 0 Å². The van der Waals surface area contributed by atoms with Crippen LogP contribution in [0.5, 0.6) is 0 Å². The molecule has 0 aromatic heterocycles. The summed E-state index contributed by atoms with van der Waals surface area (Å²) in [5, 5.41) is 0. The summed E-state index contributed by atoms with van der Waals surface area (Å²) in [7, 11) is 0. The van der Waals surface area contributed by atoms with Crippen LogP contribution < -0.4 is 0 Å². The Labute approximate surface area is 94.6 Å². The molecular weight excluding hydrogens is 184 g/mol. The first-order valence-electron chi connectivity index (χ1n) is 6.72. The summed E-state index contributed by atoms with van der Waals surface area (Å²) in [5.74, 6) is 1.02. The van der Waals surface area contributed by atoms with Gasteiger partial charge in [-0.05, 0) is 32.6 Å². The summed E-state index contributed by atoms with van der Waals surface area (Å²) in [6.45, 7) is 11.2. The summed E-state index contributed by atoms with van der Waals surface area (Å²) in [6.07, 6.45) is 5.95. The average Bonchev–Trinajstić information content (AvgIpc) is 2.71. The maximum absolute atomic E-state index is 2.69. The summed E-state index contributed by atoms with van der Waals surface area (Å²) >= 11 is 0. The van der Waals surface area contributed by atoms with Crippen LogP contribution in [-0.2, 0) is 0 Å². The number of hydrogen-bond acceptors (Lipinski definition) is 2. The second-order valence-electron chi connectivity index (χ2n) is 5.58. The van der Waals surface area contributed by atoms with Crippen LogP contribution in [0.2, 0.25) is 0 Å². The van der Waals surface area contributed by atoms with E-state index < -0.39 is 0 Å². The molecule has 2 nitrogen and oxygen atoms in total. The molecule has 1 heterocycles. The average molecular weight is 210 g/mol. The van der Waals surface area contributed by atoms with Crippen LogP contribution in [0, 0.1) is 5.92 Å². The van der Waals surface area contributed by atoms with Gasteiger partial charge in [0, 0.05) is 38.8 Å². The lowest BCUT2D eigenvalue weighted by atomic mass is 10.1. The molecule has 0 N–H and O–H groups in total. The highest BCUT2D eigenvalue weighted by molar-refractivity contribution is 4.78. The molecular formula is C13H26N2. The first-order chi connectivity index (χ1) is 7.25. The van der Waals surface area contributed by atoms with Gasteiger partial charge < -0.3 is 4.90 Å². The first-order valence-corrected chi connectivity index (χ1v) is 6.72.